The van der Waals surface area contributed by atoms with Gasteiger partial charge in [-0.3, -0.25) is 4.79 Å². The van der Waals surface area contributed by atoms with Crippen LogP contribution >= 0.6 is 11.3 Å². The van der Waals surface area contributed by atoms with Gasteiger partial charge in [-0.1, -0.05) is 6.08 Å². The zero-order valence-corrected chi connectivity index (χ0v) is 9.77. The highest BCUT2D eigenvalue weighted by Crippen LogP contribution is 2.30. The Labute approximate surface area is 99.9 Å². The van der Waals surface area contributed by atoms with Crippen molar-refractivity contribution in [2.45, 2.75) is 19.5 Å². The molecule has 0 spiro atoms. The summed E-state index contributed by atoms with van der Waals surface area (Å²) in [7, 11) is 0. The van der Waals surface area contributed by atoms with Crippen molar-refractivity contribution in [2.24, 2.45) is 0 Å². The van der Waals surface area contributed by atoms with Crippen molar-refractivity contribution in [3.63, 3.8) is 0 Å². The van der Waals surface area contributed by atoms with Gasteiger partial charge in [0.2, 0.25) is 0 Å². The zero-order chi connectivity index (χ0) is 12.9. The molecule has 1 rings (SSSR count). The lowest BCUT2D eigenvalue weighted by Crippen LogP contribution is -2.04. The minimum absolute atomic E-state index is 0.0226. The number of halogens is 3. The zero-order valence-electron chi connectivity index (χ0n) is 8.95. The van der Waals surface area contributed by atoms with Gasteiger partial charge in [0.05, 0.1) is 13.0 Å². The number of thiazole rings is 1. The Morgan fingerprint density at radius 3 is 2.82 bits per heavy atom. The van der Waals surface area contributed by atoms with Crippen LogP contribution in [0, 0.1) is 0 Å². The normalized spacial score (nSPS) is 12.0. The maximum atomic E-state index is 12.2. The first-order valence-electron chi connectivity index (χ1n) is 4.78. The van der Waals surface area contributed by atoms with Crippen LogP contribution < -0.4 is 0 Å². The summed E-state index contributed by atoms with van der Waals surface area (Å²) in [5, 5.41) is 1.14. The Bertz CT molecular complexity index is 412. The monoisotopic (exact) mass is 265 g/mol. The molecule has 0 fully saturated rings. The minimum atomic E-state index is -4.43. The molecular weight excluding hydrogens is 255 g/mol. The molecule has 0 aliphatic heterocycles. The molecule has 0 aliphatic rings. The molecule has 0 bridgehead atoms. The maximum Gasteiger partial charge on any atom is 0.434 e. The van der Waals surface area contributed by atoms with E-state index in [4.69, 9.17) is 0 Å². The molecule has 0 atom stereocenters. The second kappa shape index (κ2) is 5.81. The van der Waals surface area contributed by atoms with Crippen LogP contribution in [0.15, 0.2) is 11.5 Å². The molecule has 94 valence electrons. The molecule has 0 saturated heterocycles. The summed E-state index contributed by atoms with van der Waals surface area (Å²) < 4.78 is 41.2. The van der Waals surface area contributed by atoms with E-state index in [9.17, 15) is 18.0 Å². The lowest BCUT2D eigenvalue weighted by Gasteiger charge is -1.99. The van der Waals surface area contributed by atoms with E-state index < -0.39 is 17.8 Å². The summed E-state index contributed by atoms with van der Waals surface area (Å²) >= 11 is 0.871. The lowest BCUT2D eigenvalue weighted by molar-refractivity contribution is -0.142. The third-order valence-corrected chi connectivity index (χ3v) is 2.47. The van der Waals surface area contributed by atoms with Crippen LogP contribution in [0.25, 0.3) is 6.08 Å². The van der Waals surface area contributed by atoms with E-state index in [1.54, 1.807) is 6.92 Å². The highest BCUT2D eigenvalue weighted by atomic mass is 32.1. The number of hydrogen-bond acceptors (Lipinski definition) is 4. The quantitative estimate of drug-likeness (QED) is 0.785. The first-order chi connectivity index (χ1) is 7.93. The summed E-state index contributed by atoms with van der Waals surface area (Å²) in [4.78, 5) is 14.3. The Kier molecular flexibility index (Phi) is 4.68. The Hall–Kier alpha value is -1.37. The van der Waals surface area contributed by atoms with Gasteiger partial charge in [0.1, 0.15) is 5.01 Å². The van der Waals surface area contributed by atoms with Gasteiger partial charge in [0.15, 0.2) is 5.69 Å². The fraction of sp³-hybridized carbons (Fsp3) is 0.400. The molecule has 3 nitrogen and oxygen atoms in total. The first-order valence-corrected chi connectivity index (χ1v) is 5.66. The van der Waals surface area contributed by atoms with Gasteiger partial charge in [0.25, 0.3) is 0 Å². The topological polar surface area (TPSA) is 39.2 Å². The van der Waals surface area contributed by atoms with E-state index >= 15 is 0 Å². The molecule has 0 radical (unpaired) electrons. The van der Waals surface area contributed by atoms with Gasteiger partial charge in [-0.15, -0.1) is 11.3 Å². The predicted molar refractivity (Wildman–Crippen MR) is 57.4 cm³/mol. The third kappa shape index (κ3) is 4.56. The molecule has 0 N–H and O–H groups in total. The fourth-order valence-electron chi connectivity index (χ4n) is 0.970. The number of rotatable bonds is 4. The summed E-state index contributed by atoms with van der Waals surface area (Å²) in [6, 6.07) is 0. The molecule has 0 saturated carbocycles. The van der Waals surface area contributed by atoms with Crippen LogP contribution in [0.2, 0.25) is 0 Å². The SMILES string of the molecule is CCOC(=O)CC=Cc1nc(C(F)(F)F)cs1. The van der Waals surface area contributed by atoms with Crippen molar-refractivity contribution < 1.29 is 22.7 Å². The molecule has 0 aromatic carbocycles. The third-order valence-electron chi connectivity index (χ3n) is 1.66. The van der Waals surface area contributed by atoms with Gasteiger partial charge < -0.3 is 4.74 Å². The number of nitrogens with zero attached hydrogens (tertiary/aromatic N) is 1. The molecule has 7 heteroatoms. The molecular formula is C10H10F3NO2S. The van der Waals surface area contributed by atoms with Crippen molar-refractivity contribution in [1.29, 1.82) is 0 Å². The summed E-state index contributed by atoms with van der Waals surface area (Å²) in [5.41, 5.74) is -0.918. The largest absolute Gasteiger partial charge is 0.466 e. The van der Waals surface area contributed by atoms with Crippen molar-refractivity contribution in [3.8, 4) is 0 Å². The van der Waals surface area contributed by atoms with Crippen LogP contribution in [0.1, 0.15) is 24.0 Å². The van der Waals surface area contributed by atoms with Gasteiger partial charge in [-0.25, -0.2) is 4.98 Å². The van der Waals surface area contributed by atoms with E-state index in [2.05, 4.69) is 9.72 Å². The van der Waals surface area contributed by atoms with Crippen LogP contribution in [-0.4, -0.2) is 17.6 Å². The van der Waals surface area contributed by atoms with Gasteiger partial charge in [0, 0.05) is 5.38 Å². The second-order valence-corrected chi connectivity index (χ2v) is 3.87. The van der Waals surface area contributed by atoms with Crippen molar-refractivity contribution >= 4 is 23.4 Å². The number of esters is 1. The molecule has 1 aromatic heterocycles. The van der Waals surface area contributed by atoms with Gasteiger partial charge >= 0.3 is 12.1 Å². The van der Waals surface area contributed by atoms with Crippen LogP contribution in [-0.2, 0) is 15.7 Å². The lowest BCUT2D eigenvalue weighted by atomic mass is 10.4. The smallest absolute Gasteiger partial charge is 0.434 e. The molecule has 1 heterocycles. The van der Waals surface area contributed by atoms with E-state index in [0.29, 0.717) is 0 Å². The number of ether oxygens (including phenoxy) is 1. The minimum Gasteiger partial charge on any atom is -0.466 e. The number of carbonyl (C=O) groups excluding carboxylic acids is 1. The van der Waals surface area contributed by atoms with Gasteiger partial charge in [-0.2, -0.15) is 13.2 Å². The number of hydrogen-bond donors (Lipinski definition) is 0. The number of aromatic nitrogens is 1. The van der Waals surface area contributed by atoms with Crippen molar-refractivity contribution in [3.05, 3.63) is 22.2 Å². The Balaban J connectivity index is 2.55. The predicted octanol–water partition coefficient (Wildman–Crippen LogP) is 3.13. The molecule has 17 heavy (non-hydrogen) atoms. The Morgan fingerprint density at radius 1 is 1.59 bits per heavy atom. The summed E-state index contributed by atoms with van der Waals surface area (Å²) in [6.07, 6.45) is -1.60. The highest BCUT2D eigenvalue weighted by Gasteiger charge is 2.33. The average Bonchev–Trinajstić information content (AvgIpc) is 2.66. The maximum absolute atomic E-state index is 12.2. The van der Waals surface area contributed by atoms with E-state index in [0.717, 1.165) is 16.7 Å². The molecule has 1 aromatic rings. The number of alkyl halides is 3. The van der Waals surface area contributed by atoms with E-state index in [1.807, 2.05) is 0 Å². The Morgan fingerprint density at radius 2 is 2.29 bits per heavy atom. The number of carbonyl (C=O) groups is 1. The van der Waals surface area contributed by atoms with E-state index in [1.165, 1.54) is 12.2 Å². The highest BCUT2D eigenvalue weighted by molar-refractivity contribution is 7.10. The van der Waals surface area contributed by atoms with Crippen LogP contribution in [0.3, 0.4) is 0 Å². The second-order valence-electron chi connectivity index (χ2n) is 2.98. The molecule has 0 aliphatic carbocycles. The average molecular weight is 265 g/mol. The molecule has 0 unspecified atom stereocenters. The van der Waals surface area contributed by atoms with Gasteiger partial charge in [-0.05, 0) is 13.0 Å². The van der Waals surface area contributed by atoms with Crippen molar-refractivity contribution in [1.82, 2.24) is 4.98 Å². The summed E-state index contributed by atoms with van der Waals surface area (Å²) in [6.45, 7) is 1.96. The van der Waals surface area contributed by atoms with E-state index in [-0.39, 0.29) is 18.0 Å². The first kappa shape index (κ1) is 13.7. The van der Waals surface area contributed by atoms with Crippen molar-refractivity contribution in [2.75, 3.05) is 6.61 Å². The summed E-state index contributed by atoms with van der Waals surface area (Å²) in [5.74, 6) is -0.420. The van der Waals surface area contributed by atoms with Crippen LogP contribution in [0.4, 0.5) is 13.2 Å². The fourth-order valence-corrected chi connectivity index (χ4v) is 1.71. The molecule has 0 amide bonds. The van der Waals surface area contributed by atoms with Crippen LogP contribution in [0.5, 0.6) is 0 Å². The standard InChI is InChI=1S/C10H10F3NO2S/c1-2-16-9(15)5-3-4-8-14-7(6-17-8)10(11,12)13/h3-4,6H,2,5H2,1H3.